The number of aryl methyl sites for hydroxylation is 1. The number of amides is 1. The minimum absolute atomic E-state index is 0.224. The number of nitrogens with one attached hydrogen (secondary N) is 2. The van der Waals surface area contributed by atoms with Gasteiger partial charge >= 0.3 is 0 Å². The van der Waals surface area contributed by atoms with Crippen LogP contribution in [0.25, 0.3) is 0 Å². The lowest BCUT2D eigenvalue weighted by molar-refractivity contribution is 0.0922. The van der Waals surface area contributed by atoms with Crippen LogP contribution in [0.3, 0.4) is 0 Å². The molecule has 1 rings (SSSR count). The highest BCUT2D eigenvalue weighted by Crippen LogP contribution is 2.11. The Balaban J connectivity index is 2.31. The van der Waals surface area contributed by atoms with Gasteiger partial charge in [-0.3, -0.25) is 9.89 Å². The molecule has 17 heavy (non-hydrogen) atoms. The normalized spacial score (nSPS) is 10.2. The second-order valence-corrected chi connectivity index (χ2v) is 3.88. The number of carbonyl (C=O) groups is 1. The maximum Gasteiger partial charge on any atom is 0.274 e. The molecular weight excluding hydrogens is 220 g/mol. The number of anilines is 1. The molecule has 4 N–H and O–H groups in total. The highest BCUT2D eigenvalue weighted by molar-refractivity contribution is 5.97. The summed E-state index contributed by atoms with van der Waals surface area (Å²) >= 11 is 0. The summed E-state index contributed by atoms with van der Waals surface area (Å²) in [4.78, 5) is 11.6. The number of aromatic nitrogens is 2. The van der Waals surface area contributed by atoms with Gasteiger partial charge in [0.15, 0.2) is 5.69 Å². The van der Waals surface area contributed by atoms with Crippen molar-refractivity contribution in [2.45, 2.75) is 13.8 Å². The average Bonchev–Trinajstić information content (AvgIpc) is 2.59. The zero-order valence-electron chi connectivity index (χ0n) is 10.2. The fourth-order valence-electron chi connectivity index (χ4n) is 1.18. The molecule has 0 fully saturated rings. The minimum Gasteiger partial charge on any atom is -0.395 e. The molecular formula is C11H18N4O2. The van der Waals surface area contributed by atoms with Crippen molar-refractivity contribution < 1.29 is 9.53 Å². The number of nitrogens with two attached hydrogens (primary N) is 1. The molecule has 0 spiro atoms. The first-order valence-corrected chi connectivity index (χ1v) is 5.33. The van der Waals surface area contributed by atoms with Crippen molar-refractivity contribution in [3.05, 3.63) is 23.5 Å². The van der Waals surface area contributed by atoms with Gasteiger partial charge in [0.05, 0.1) is 24.6 Å². The number of nitrogen functional groups attached to an aromatic ring is 1. The van der Waals surface area contributed by atoms with E-state index in [-0.39, 0.29) is 11.6 Å². The summed E-state index contributed by atoms with van der Waals surface area (Å²) in [6.07, 6.45) is 0. The van der Waals surface area contributed by atoms with Crippen LogP contribution >= 0.6 is 0 Å². The van der Waals surface area contributed by atoms with E-state index in [9.17, 15) is 4.79 Å². The molecule has 0 saturated heterocycles. The second-order valence-electron chi connectivity index (χ2n) is 3.88. The summed E-state index contributed by atoms with van der Waals surface area (Å²) < 4.78 is 5.24. The molecule has 0 bridgehead atoms. The standard InChI is InChI=1S/C11H18N4O2/c1-7(2)6-17-5-4-13-11(16)10-9(12)8(3)14-15-10/h1,4-6,12H2,2-3H3,(H,13,16)(H,14,15). The molecule has 1 aromatic rings. The van der Waals surface area contributed by atoms with Gasteiger partial charge in [0, 0.05) is 6.54 Å². The summed E-state index contributed by atoms with van der Waals surface area (Å²) in [7, 11) is 0. The van der Waals surface area contributed by atoms with E-state index >= 15 is 0 Å². The van der Waals surface area contributed by atoms with Crippen LogP contribution in [0.4, 0.5) is 5.69 Å². The first-order valence-electron chi connectivity index (χ1n) is 5.33. The molecule has 0 aromatic carbocycles. The molecule has 1 heterocycles. The Bertz CT molecular complexity index is 412. The van der Waals surface area contributed by atoms with Gasteiger partial charge in [-0.15, -0.1) is 0 Å². The lowest BCUT2D eigenvalue weighted by atomic mass is 10.3. The SMILES string of the molecule is C=C(C)COCCNC(=O)c1n[nH]c(C)c1N. The largest absolute Gasteiger partial charge is 0.395 e. The van der Waals surface area contributed by atoms with Crippen molar-refractivity contribution in [2.75, 3.05) is 25.5 Å². The molecule has 1 amide bonds. The Morgan fingerprint density at radius 3 is 2.88 bits per heavy atom. The highest BCUT2D eigenvalue weighted by atomic mass is 16.5. The predicted molar refractivity (Wildman–Crippen MR) is 65.7 cm³/mol. The van der Waals surface area contributed by atoms with E-state index in [4.69, 9.17) is 10.5 Å². The summed E-state index contributed by atoms with van der Waals surface area (Å²) in [5.74, 6) is -0.300. The van der Waals surface area contributed by atoms with E-state index < -0.39 is 0 Å². The Morgan fingerprint density at radius 1 is 1.65 bits per heavy atom. The van der Waals surface area contributed by atoms with Crippen LogP contribution in [0, 0.1) is 6.92 Å². The van der Waals surface area contributed by atoms with Gasteiger partial charge in [-0.2, -0.15) is 5.10 Å². The zero-order chi connectivity index (χ0) is 12.8. The highest BCUT2D eigenvalue weighted by Gasteiger charge is 2.14. The number of ether oxygens (including phenoxy) is 1. The van der Waals surface area contributed by atoms with Crippen molar-refractivity contribution in [1.29, 1.82) is 0 Å². The monoisotopic (exact) mass is 238 g/mol. The third-order valence-corrected chi connectivity index (χ3v) is 2.09. The summed E-state index contributed by atoms with van der Waals surface area (Å²) in [5, 5.41) is 9.15. The van der Waals surface area contributed by atoms with Gasteiger partial charge in [-0.05, 0) is 13.8 Å². The van der Waals surface area contributed by atoms with Crippen LogP contribution in [0.5, 0.6) is 0 Å². The topological polar surface area (TPSA) is 93.0 Å². The maximum atomic E-state index is 11.6. The number of aromatic amines is 1. The number of hydrogen-bond acceptors (Lipinski definition) is 4. The van der Waals surface area contributed by atoms with E-state index in [1.807, 2.05) is 6.92 Å². The Labute approximate surface area is 100 Å². The van der Waals surface area contributed by atoms with Crippen molar-refractivity contribution in [2.24, 2.45) is 0 Å². The Hall–Kier alpha value is -1.82. The lowest BCUT2D eigenvalue weighted by Crippen LogP contribution is -2.28. The van der Waals surface area contributed by atoms with Crippen LogP contribution in [-0.2, 0) is 4.74 Å². The number of carbonyl (C=O) groups excluding carboxylic acids is 1. The summed E-state index contributed by atoms with van der Waals surface area (Å²) in [6.45, 7) is 8.69. The van der Waals surface area contributed by atoms with Crippen LogP contribution in [-0.4, -0.2) is 35.9 Å². The second kappa shape index (κ2) is 6.05. The molecule has 94 valence electrons. The number of rotatable bonds is 6. The first kappa shape index (κ1) is 13.2. The molecule has 0 atom stereocenters. The van der Waals surface area contributed by atoms with Crippen LogP contribution in [0.2, 0.25) is 0 Å². The van der Waals surface area contributed by atoms with Crippen molar-refractivity contribution >= 4 is 11.6 Å². The molecule has 1 aromatic heterocycles. The van der Waals surface area contributed by atoms with E-state index in [1.165, 1.54) is 0 Å². The zero-order valence-corrected chi connectivity index (χ0v) is 10.2. The van der Waals surface area contributed by atoms with E-state index in [0.29, 0.717) is 31.1 Å². The Morgan fingerprint density at radius 2 is 2.35 bits per heavy atom. The van der Waals surface area contributed by atoms with E-state index in [0.717, 1.165) is 5.57 Å². The van der Waals surface area contributed by atoms with Gasteiger partial charge in [0.1, 0.15) is 0 Å². The number of H-pyrrole nitrogens is 1. The quantitative estimate of drug-likeness (QED) is 0.500. The minimum atomic E-state index is -0.300. The van der Waals surface area contributed by atoms with E-state index in [2.05, 4.69) is 22.1 Å². The molecule has 6 nitrogen and oxygen atoms in total. The molecule has 0 aliphatic rings. The van der Waals surface area contributed by atoms with Crippen LogP contribution in [0.1, 0.15) is 23.1 Å². The Kier molecular flexibility index (Phi) is 4.71. The molecule has 0 unspecified atom stereocenters. The predicted octanol–water partition coefficient (Wildman–Crippen LogP) is 0.623. The summed E-state index contributed by atoms with van der Waals surface area (Å²) in [5.41, 5.74) is 7.92. The van der Waals surface area contributed by atoms with Crippen LogP contribution < -0.4 is 11.1 Å². The van der Waals surface area contributed by atoms with Gasteiger partial charge in [-0.1, -0.05) is 12.2 Å². The molecule has 6 heteroatoms. The third-order valence-electron chi connectivity index (χ3n) is 2.09. The fourth-order valence-corrected chi connectivity index (χ4v) is 1.18. The van der Waals surface area contributed by atoms with Gasteiger partial charge < -0.3 is 15.8 Å². The third kappa shape index (κ3) is 3.92. The van der Waals surface area contributed by atoms with Crippen molar-refractivity contribution in [1.82, 2.24) is 15.5 Å². The van der Waals surface area contributed by atoms with Crippen molar-refractivity contribution in [3.63, 3.8) is 0 Å². The van der Waals surface area contributed by atoms with E-state index in [1.54, 1.807) is 6.92 Å². The number of nitrogens with zero attached hydrogens (tertiary/aromatic N) is 1. The maximum absolute atomic E-state index is 11.6. The van der Waals surface area contributed by atoms with Gasteiger partial charge in [-0.25, -0.2) is 0 Å². The summed E-state index contributed by atoms with van der Waals surface area (Å²) in [6, 6.07) is 0. The van der Waals surface area contributed by atoms with Crippen LogP contribution in [0.15, 0.2) is 12.2 Å². The molecule has 0 aliphatic carbocycles. The van der Waals surface area contributed by atoms with Crippen molar-refractivity contribution in [3.8, 4) is 0 Å². The molecule has 0 aliphatic heterocycles. The first-order chi connectivity index (χ1) is 8.02. The average molecular weight is 238 g/mol. The molecule has 0 saturated carbocycles. The molecule has 0 radical (unpaired) electrons. The van der Waals surface area contributed by atoms with Gasteiger partial charge in [0.25, 0.3) is 5.91 Å². The number of hydrogen-bond donors (Lipinski definition) is 3. The van der Waals surface area contributed by atoms with Gasteiger partial charge in [0.2, 0.25) is 0 Å². The smallest absolute Gasteiger partial charge is 0.274 e. The fraction of sp³-hybridized carbons (Fsp3) is 0.455. The lowest BCUT2D eigenvalue weighted by Gasteiger charge is -2.05.